The second-order valence-electron chi connectivity index (χ2n) is 5.30. The summed E-state index contributed by atoms with van der Waals surface area (Å²) in [6, 6.07) is -1.07. The van der Waals surface area contributed by atoms with Gasteiger partial charge in [0.15, 0.2) is 0 Å². The van der Waals surface area contributed by atoms with E-state index in [0.717, 1.165) is 19.3 Å². The van der Waals surface area contributed by atoms with Gasteiger partial charge in [-0.3, -0.25) is 0 Å². The minimum Gasteiger partial charge on any atom is -0.480 e. The number of amides is 2. The van der Waals surface area contributed by atoms with Crippen LogP contribution in [0.25, 0.3) is 0 Å². The van der Waals surface area contributed by atoms with Crippen molar-refractivity contribution in [1.29, 1.82) is 0 Å². The van der Waals surface area contributed by atoms with Crippen molar-refractivity contribution in [3.63, 3.8) is 0 Å². The number of carbonyl (C=O) groups excluding carboxylic acids is 1. The number of nitrogens with one attached hydrogen (secondary N) is 2. The largest absolute Gasteiger partial charge is 0.480 e. The fourth-order valence-corrected chi connectivity index (χ4v) is 2.13. The van der Waals surface area contributed by atoms with E-state index >= 15 is 0 Å². The summed E-state index contributed by atoms with van der Waals surface area (Å²) < 4.78 is 0. The average Bonchev–Trinajstić information content (AvgIpc) is 2.21. The Kier molecular flexibility index (Phi) is 5.44. The maximum atomic E-state index is 11.7. The van der Waals surface area contributed by atoms with Gasteiger partial charge in [0, 0.05) is 6.04 Å². The summed E-state index contributed by atoms with van der Waals surface area (Å²) in [4.78, 5) is 22.8. The summed E-state index contributed by atoms with van der Waals surface area (Å²) in [7, 11) is 0. The molecule has 3 atom stereocenters. The number of hydrogen-bond donors (Lipinski definition) is 3. The van der Waals surface area contributed by atoms with E-state index in [2.05, 4.69) is 10.6 Å². The van der Waals surface area contributed by atoms with Gasteiger partial charge in [-0.05, 0) is 31.6 Å². The number of rotatable bonds is 6. The molecular weight excluding hydrogens is 232 g/mol. The van der Waals surface area contributed by atoms with Crippen LogP contribution in [-0.4, -0.2) is 29.2 Å². The molecule has 0 aromatic carbocycles. The molecule has 1 aliphatic carbocycles. The van der Waals surface area contributed by atoms with Crippen molar-refractivity contribution in [2.45, 2.75) is 58.5 Å². The zero-order valence-corrected chi connectivity index (χ0v) is 11.4. The van der Waals surface area contributed by atoms with Crippen LogP contribution < -0.4 is 10.6 Å². The highest BCUT2D eigenvalue weighted by Gasteiger charge is 2.28. The fraction of sp³-hybridized carbons (Fsp3) is 0.846. The van der Waals surface area contributed by atoms with Crippen LogP contribution in [0.5, 0.6) is 0 Å². The molecule has 1 saturated carbocycles. The third-order valence-electron chi connectivity index (χ3n) is 3.98. The Morgan fingerprint density at radius 1 is 1.28 bits per heavy atom. The van der Waals surface area contributed by atoms with Gasteiger partial charge in [0.25, 0.3) is 0 Å². The highest BCUT2D eigenvalue weighted by Crippen LogP contribution is 2.29. The Labute approximate surface area is 108 Å². The predicted octanol–water partition coefficient (Wildman–Crippen LogP) is 1.97. The molecule has 0 bridgehead atoms. The summed E-state index contributed by atoms with van der Waals surface area (Å²) in [6.45, 7) is 5.72. The van der Waals surface area contributed by atoms with Gasteiger partial charge in [-0.25, -0.2) is 9.59 Å². The quantitative estimate of drug-likeness (QED) is 0.680. The van der Waals surface area contributed by atoms with Gasteiger partial charge in [-0.15, -0.1) is 0 Å². The lowest BCUT2D eigenvalue weighted by atomic mass is 9.80. The average molecular weight is 256 g/mol. The van der Waals surface area contributed by atoms with Crippen molar-refractivity contribution in [2.24, 2.45) is 11.8 Å². The molecule has 1 rings (SSSR count). The number of carboxylic acid groups (broad SMARTS) is 1. The molecule has 0 radical (unpaired) electrons. The Balaban J connectivity index is 2.42. The molecule has 5 nitrogen and oxygen atoms in total. The fourth-order valence-electron chi connectivity index (χ4n) is 2.13. The highest BCUT2D eigenvalue weighted by atomic mass is 16.4. The Morgan fingerprint density at radius 2 is 1.89 bits per heavy atom. The molecule has 18 heavy (non-hydrogen) atoms. The highest BCUT2D eigenvalue weighted by molar-refractivity contribution is 5.82. The second kappa shape index (κ2) is 6.61. The molecule has 2 amide bonds. The van der Waals surface area contributed by atoms with Crippen molar-refractivity contribution in [2.75, 3.05) is 0 Å². The molecule has 0 spiro atoms. The SMILES string of the molecule is CCC(C)[C@H](NC(=O)NC(C)C1CCC1)C(=O)O. The minimum atomic E-state index is -0.976. The molecule has 0 aromatic rings. The molecule has 0 aromatic heterocycles. The van der Waals surface area contributed by atoms with Gasteiger partial charge < -0.3 is 15.7 Å². The topological polar surface area (TPSA) is 78.4 Å². The predicted molar refractivity (Wildman–Crippen MR) is 69.3 cm³/mol. The molecule has 0 saturated heterocycles. The lowest BCUT2D eigenvalue weighted by Gasteiger charge is -2.32. The normalized spacial score (nSPS) is 20.4. The van der Waals surface area contributed by atoms with Gasteiger partial charge in [-0.1, -0.05) is 26.7 Å². The number of carboxylic acids is 1. The van der Waals surface area contributed by atoms with Gasteiger partial charge in [0.1, 0.15) is 6.04 Å². The van der Waals surface area contributed by atoms with E-state index in [1.54, 1.807) is 0 Å². The first kappa shape index (κ1) is 14.8. The molecule has 1 aliphatic rings. The summed E-state index contributed by atoms with van der Waals surface area (Å²) in [5, 5.41) is 14.5. The van der Waals surface area contributed by atoms with E-state index in [-0.39, 0.29) is 18.0 Å². The molecule has 1 fully saturated rings. The Morgan fingerprint density at radius 3 is 2.28 bits per heavy atom. The summed E-state index contributed by atoms with van der Waals surface area (Å²) >= 11 is 0. The lowest BCUT2D eigenvalue weighted by Crippen LogP contribution is -2.52. The third kappa shape index (κ3) is 3.89. The molecule has 0 heterocycles. The van der Waals surface area contributed by atoms with Crippen molar-refractivity contribution in [3.05, 3.63) is 0 Å². The minimum absolute atomic E-state index is 0.0766. The zero-order valence-electron chi connectivity index (χ0n) is 11.4. The summed E-state index contributed by atoms with van der Waals surface area (Å²) in [5.74, 6) is -0.509. The van der Waals surface area contributed by atoms with E-state index in [9.17, 15) is 9.59 Å². The lowest BCUT2D eigenvalue weighted by molar-refractivity contribution is -0.140. The standard InChI is InChI=1S/C13H24N2O3/c1-4-8(2)11(12(16)17)15-13(18)14-9(3)10-6-5-7-10/h8-11H,4-7H2,1-3H3,(H,16,17)(H2,14,15,18)/t8?,9?,11-/m0/s1. The summed E-state index contributed by atoms with van der Waals surface area (Å²) in [5.41, 5.74) is 0. The van der Waals surface area contributed by atoms with E-state index in [1.807, 2.05) is 20.8 Å². The van der Waals surface area contributed by atoms with Crippen LogP contribution in [0.1, 0.15) is 46.5 Å². The van der Waals surface area contributed by atoms with Crippen LogP contribution in [0, 0.1) is 11.8 Å². The smallest absolute Gasteiger partial charge is 0.326 e. The van der Waals surface area contributed by atoms with Crippen molar-refractivity contribution in [1.82, 2.24) is 10.6 Å². The van der Waals surface area contributed by atoms with E-state index < -0.39 is 12.0 Å². The molecule has 104 valence electrons. The van der Waals surface area contributed by atoms with E-state index in [0.29, 0.717) is 5.92 Å². The Hall–Kier alpha value is -1.26. The van der Waals surface area contributed by atoms with Crippen LogP contribution >= 0.6 is 0 Å². The molecule has 5 heteroatoms. The van der Waals surface area contributed by atoms with Gasteiger partial charge >= 0.3 is 12.0 Å². The van der Waals surface area contributed by atoms with Crippen molar-refractivity contribution >= 4 is 12.0 Å². The Bertz CT molecular complexity index is 303. The number of carbonyl (C=O) groups is 2. The van der Waals surface area contributed by atoms with Crippen molar-refractivity contribution < 1.29 is 14.7 Å². The number of aliphatic carboxylic acids is 1. The molecule has 3 N–H and O–H groups in total. The van der Waals surface area contributed by atoms with E-state index in [4.69, 9.17) is 5.11 Å². The van der Waals surface area contributed by atoms with Crippen molar-refractivity contribution in [3.8, 4) is 0 Å². The van der Waals surface area contributed by atoms with Crippen LogP contribution in [0.4, 0.5) is 4.79 Å². The van der Waals surface area contributed by atoms with Gasteiger partial charge in [-0.2, -0.15) is 0 Å². The molecular formula is C13H24N2O3. The van der Waals surface area contributed by atoms with Crippen LogP contribution in [-0.2, 0) is 4.79 Å². The van der Waals surface area contributed by atoms with E-state index in [1.165, 1.54) is 6.42 Å². The van der Waals surface area contributed by atoms with Crippen LogP contribution in [0.15, 0.2) is 0 Å². The first-order valence-corrected chi connectivity index (χ1v) is 6.75. The monoisotopic (exact) mass is 256 g/mol. The molecule has 0 aliphatic heterocycles. The maximum Gasteiger partial charge on any atom is 0.326 e. The van der Waals surface area contributed by atoms with Gasteiger partial charge in [0.2, 0.25) is 0 Å². The molecule has 2 unspecified atom stereocenters. The number of urea groups is 1. The second-order valence-corrected chi connectivity index (χ2v) is 5.30. The zero-order chi connectivity index (χ0) is 13.7. The number of hydrogen-bond acceptors (Lipinski definition) is 2. The third-order valence-corrected chi connectivity index (χ3v) is 3.98. The van der Waals surface area contributed by atoms with Gasteiger partial charge in [0.05, 0.1) is 0 Å². The first-order chi connectivity index (χ1) is 8.45. The maximum absolute atomic E-state index is 11.7. The first-order valence-electron chi connectivity index (χ1n) is 6.75. The van der Waals surface area contributed by atoms with Crippen LogP contribution in [0.2, 0.25) is 0 Å². The van der Waals surface area contributed by atoms with Crippen LogP contribution in [0.3, 0.4) is 0 Å². The summed E-state index contributed by atoms with van der Waals surface area (Å²) in [6.07, 6.45) is 4.24.